The Morgan fingerprint density at radius 3 is 2.59 bits per heavy atom. The van der Waals surface area contributed by atoms with Crippen molar-refractivity contribution in [2.24, 2.45) is 0 Å². The van der Waals surface area contributed by atoms with Gasteiger partial charge in [-0.3, -0.25) is 4.79 Å². The molecule has 2 rings (SSSR count). The van der Waals surface area contributed by atoms with E-state index in [1.807, 2.05) is 20.8 Å². The minimum atomic E-state index is -0.970. The van der Waals surface area contributed by atoms with Gasteiger partial charge in [-0.2, -0.15) is 5.10 Å². The average molecular weight is 306 g/mol. The van der Waals surface area contributed by atoms with Crippen LogP contribution in [0.25, 0.3) is 5.69 Å². The number of benzene rings is 1. The quantitative estimate of drug-likeness (QED) is 0.943. The third-order valence-electron chi connectivity index (χ3n) is 3.22. The third kappa shape index (κ3) is 3.10. The van der Waals surface area contributed by atoms with Crippen LogP contribution in [0.2, 0.25) is 0 Å². The van der Waals surface area contributed by atoms with E-state index in [9.17, 15) is 9.18 Å². The molecule has 0 aliphatic rings. The summed E-state index contributed by atoms with van der Waals surface area (Å²) in [5.74, 6) is -1.05. The molecule has 1 aromatic carbocycles. The van der Waals surface area contributed by atoms with Crippen LogP contribution in [-0.4, -0.2) is 28.0 Å². The average Bonchev–Trinajstić information content (AvgIpc) is 2.76. The summed E-state index contributed by atoms with van der Waals surface area (Å²) in [5, 5.41) is 13.6. The van der Waals surface area contributed by atoms with Crippen LogP contribution < -0.4 is 4.74 Å². The summed E-state index contributed by atoms with van der Waals surface area (Å²) in [4.78, 5) is 11.2. The summed E-state index contributed by atoms with van der Waals surface area (Å²) in [6.07, 6.45) is -0.203. The van der Waals surface area contributed by atoms with Gasteiger partial charge in [-0.15, -0.1) is 0 Å². The summed E-state index contributed by atoms with van der Waals surface area (Å²) in [5.41, 5.74) is 1.25. The Bertz CT molecular complexity index is 702. The second-order valence-corrected chi connectivity index (χ2v) is 6.05. The molecule has 0 spiro atoms. The number of aliphatic carboxylic acids is 1. The zero-order chi connectivity index (χ0) is 16.5. The molecule has 118 valence electrons. The molecular weight excluding hydrogens is 287 g/mol. The summed E-state index contributed by atoms with van der Waals surface area (Å²) in [6.45, 7) is 5.82. The molecule has 0 fully saturated rings. The first-order chi connectivity index (χ1) is 10.2. The van der Waals surface area contributed by atoms with Crippen LogP contribution in [0.5, 0.6) is 5.88 Å². The fourth-order valence-corrected chi connectivity index (χ4v) is 2.34. The molecule has 0 radical (unpaired) electrons. The van der Waals surface area contributed by atoms with E-state index in [0.717, 1.165) is 0 Å². The fraction of sp³-hybridized carbons (Fsp3) is 0.375. The Morgan fingerprint density at radius 2 is 2.09 bits per heavy atom. The molecule has 0 bridgehead atoms. The molecule has 0 saturated carbocycles. The molecular formula is C16H19FN2O3. The molecule has 1 aromatic heterocycles. The molecule has 0 aliphatic carbocycles. The Hall–Kier alpha value is -2.37. The highest BCUT2D eigenvalue weighted by atomic mass is 19.1. The lowest BCUT2D eigenvalue weighted by Crippen LogP contribution is -2.16. The molecule has 0 unspecified atom stereocenters. The van der Waals surface area contributed by atoms with E-state index in [1.165, 1.54) is 23.9 Å². The lowest BCUT2D eigenvalue weighted by Gasteiger charge is -2.16. The molecule has 1 heterocycles. The van der Waals surface area contributed by atoms with Crippen LogP contribution in [0.15, 0.2) is 24.3 Å². The lowest BCUT2D eigenvalue weighted by atomic mass is 9.88. The first-order valence-electron chi connectivity index (χ1n) is 6.88. The zero-order valence-corrected chi connectivity index (χ0v) is 13.1. The normalized spacial score (nSPS) is 11.5. The zero-order valence-electron chi connectivity index (χ0n) is 13.1. The smallest absolute Gasteiger partial charge is 0.308 e. The summed E-state index contributed by atoms with van der Waals surface area (Å²) >= 11 is 0. The second-order valence-electron chi connectivity index (χ2n) is 6.05. The van der Waals surface area contributed by atoms with Crippen molar-refractivity contribution < 1.29 is 19.0 Å². The first-order valence-corrected chi connectivity index (χ1v) is 6.88. The molecule has 0 atom stereocenters. The highest BCUT2D eigenvalue weighted by Crippen LogP contribution is 2.33. The maximum absolute atomic E-state index is 13.5. The number of hydrogen-bond donors (Lipinski definition) is 1. The van der Waals surface area contributed by atoms with E-state index >= 15 is 0 Å². The number of halogens is 1. The van der Waals surface area contributed by atoms with Gasteiger partial charge in [-0.05, 0) is 18.2 Å². The number of carboxylic acids is 1. The maximum Gasteiger partial charge on any atom is 0.308 e. The Labute approximate surface area is 128 Å². The Kier molecular flexibility index (Phi) is 4.21. The Balaban J connectivity index is 2.70. The third-order valence-corrected chi connectivity index (χ3v) is 3.22. The van der Waals surface area contributed by atoms with Gasteiger partial charge in [-0.1, -0.05) is 26.8 Å². The minimum absolute atomic E-state index is 0.203. The van der Waals surface area contributed by atoms with E-state index in [1.54, 1.807) is 12.1 Å². The minimum Gasteiger partial charge on any atom is -0.481 e. The summed E-state index contributed by atoms with van der Waals surface area (Å²) in [7, 11) is 1.45. The van der Waals surface area contributed by atoms with Gasteiger partial charge < -0.3 is 9.84 Å². The van der Waals surface area contributed by atoms with Crippen LogP contribution in [0.3, 0.4) is 0 Å². The van der Waals surface area contributed by atoms with Gasteiger partial charge in [0.25, 0.3) is 0 Å². The number of carboxylic acid groups (broad SMARTS) is 1. The van der Waals surface area contributed by atoms with E-state index in [0.29, 0.717) is 22.8 Å². The van der Waals surface area contributed by atoms with Crippen molar-refractivity contribution in [1.29, 1.82) is 0 Å². The van der Waals surface area contributed by atoms with Crippen molar-refractivity contribution in [3.8, 4) is 11.6 Å². The standard InChI is InChI=1S/C16H19FN2O3/c1-16(2,3)14-12(9-13(20)21)15(22-4)19(18-14)11-7-5-6-10(17)8-11/h5-8H,9H2,1-4H3,(H,20,21). The molecule has 22 heavy (non-hydrogen) atoms. The number of aromatic nitrogens is 2. The highest BCUT2D eigenvalue weighted by Gasteiger charge is 2.29. The number of nitrogens with zero attached hydrogens (tertiary/aromatic N) is 2. The van der Waals surface area contributed by atoms with E-state index in [2.05, 4.69) is 5.10 Å². The van der Waals surface area contributed by atoms with Crippen LogP contribution >= 0.6 is 0 Å². The lowest BCUT2D eigenvalue weighted by molar-refractivity contribution is -0.136. The fourth-order valence-electron chi connectivity index (χ4n) is 2.34. The molecule has 6 heteroatoms. The molecule has 0 saturated heterocycles. The van der Waals surface area contributed by atoms with Crippen LogP contribution in [0.1, 0.15) is 32.0 Å². The number of methoxy groups -OCH3 is 1. The monoisotopic (exact) mass is 306 g/mol. The van der Waals surface area contributed by atoms with Crippen LogP contribution in [0.4, 0.5) is 4.39 Å². The molecule has 0 amide bonds. The molecule has 5 nitrogen and oxygen atoms in total. The van der Waals surface area contributed by atoms with Gasteiger partial charge in [0.2, 0.25) is 5.88 Å². The van der Waals surface area contributed by atoms with E-state index in [4.69, 9.17) is 9.84 Å². The van der Waals surface area contributed by atoms with E-state index < -0.39 is 11.8 Å². The van der Waals surface area contributed by atoms with Gasteiger partial charge in [-0.25, -0.2) is 9.07 Å². The number of hydrogen-bond acceptors (Lipinski definition) is 3. The SMILES string of the molecule is COc1c(CC(=O)O)c(C(C)(C)C)nn1-c1cccc(F)c1. The molecule has 0 aliphatic heterocycles. The van der Waals surface area contributed by atoms with Gasteiger partial charge in [0.1, 0.15) is 5.82 Å². The van der Waals surface area contributed by atoms with Gasteiger partial charge in [0, 0.05) is 11.0 Å². The number of rotatable bonds is 4. The first kappa shape index (κ1) is 16.0. The topological polar surface area (TPSA) is 64.3 Å². The van der Waals surface area contributed by atoms with Crippen LogP contribution in [0, 0.1) is 5.82 Å². The number of ether oxygens (including phenoxy) is 1. The maximum atomic E-state index is 13.5. The second kappa shape index (κ2) is 5.79. The largest absolute Gasteiger partial charge is 0.481 e. The van der Waals surface area contributed by atoms with Crippen molar-refractivity contribution >= 4 is 5.97 Å². The molecule has 1 N–H and O–H groups in total. The van der Waals surface area contributed by atoms with Gasteiger partial charge in [0.05, 0.1) is 24.9 Å². The predicted molar refractivity (Wildman–Crippen MR) is 80.1 cm³/mol. The van der Waals surface area contributed by atoms with E-state index in [-0.39, 0.29) is 11.8 Å². The summed E-state index contributed by atoms with van der Waals surface area (Å²) in [6, 6.07) is 5.92. The summed E-state index contributed by atoms with van der Waals surface area (Å²) < 4.78 is 20.3. The van der Waals surface area contributed by atoms with Crippen molar-refractivity contribution in [3.63, 3.8) is 0 Å². The van der Waals surface area contributed by atoms with Crippen molar-refractivity contribution in [2.75, 3.05) is 7.11 Å². The predicted octanol–water partition coefficient (Wildman–Crippen LogP) is 2.94. The number of carbonyl (C=O) groups is 1. The van der Waals surface area contributed by atoms with Crippen molar-refractivity contribution in [3.05, 3.63) is 41.3 Å². The van der Waals surface area contributed by atoms with Gasteiger partial charge in [0.15, 0.2) is 0 Å². The van der Waals surface area contributed by atoms with Crippen molar-refractivity contribution in [2.45, 2.75) is 32.6 Å². The Morgan fingerprint density at radius 1 is 1.41 bits per heavy atom. The highest BCUT2D eigenvalue weighted by molar-refractivity contribution is 5.72. The molecule has 2 aromatic rings. The van der Waals surface area contributed by atoms with Gasteiger partial charge >= 0.3 is 5.97 Å². The van der Waals surface area contributed by atoms with Crippen molar-refractivity contribution in [1.82, 2.24) is 9.78 Å². The van der Waals surface area contributed by atoms with Crippen LogP contribution in [-0.2, 0) is 16.6 Å².